The Labute approximate surface area is 180 Å². The van der Waals surface area contributed by atoms with Crippen molar-refractivity contribution in [2.75, 3.05) is 10.8 Å². The molecule has 0 saturated heterocycles. The number of nitrogens with zero attached hydrogens (tertiary/aromatic N) is 4. The summed E-state index contributed by atoms with van der Waals surface area (Å²) in [5.41, 5.74) is 1.85. The minimum absolute atomic E-state index is 0.00958. The standard InChI is InChI=1S/C21H22N4O5S/c1-14-4-3-5-17(10-14)31(28,29)25-12-16(7-9-20(26)27)30-19-8-6-15(11-18(19)25)21-22-13-24(2)23-21/h3-6,8,10-11,13,16H,7,9,12H2,1-2H3,(H,26,27)/t16-/m0/s1. The SMILES string of the molecule is Cc1cccc(S(=O)(=O)N2C[C@H](CCC(=O)O)Oc3ccc(-c4ncn(C)n4)cc32)c1. The number of carbonyl (C=O) groups is 1. The van der Waals surface area contributed by atoms with Gasteiger partial charge >= 0.3 is 5.97 Å². The van der Waals surface area contributed by atoms with Crippen molar-refractivity contribution in [3.8, 4) is 17.1 Å². The molecule has 3 aromatic rings. The third-order valence-corrected chi connectivity index (χ3v) is 6.78. The van der Waals surface area contributed by atoms with Crippen molar-refractivity contribution < 1.29 is 23.1 Å². The maximum Gasteiger partial charge on any atom is 0.303 e. The summed E-state index contributed by atoms with van der Waals surface area (Å²) in [7, 11) is -2.15. The van der Waals surface area contributed by atoms with Gasteiger partial charge in [-0.3, -0.25) is 13.8 Å². The van der Waals surface area contributed by atoms with Gasteiger partial charge in [-0.05, 0) is 49.2 Å². The number of hydrogen-bond acceptors (Lipinski definition) is 6. The van der Waals surface area contributed by atoms with Crippen molar-refractivity contribution in [3.63, 3.8) is 0 Å². The number of aromatic nitrogens is 3. The number of benzene rings is 2. The molecule has 4 rings (SSSR count). The number of hydrogen-bond donors (Lipinski definition) is 1. The summed E-state index contributed by atoms with van der Waals surface area (Å²) in [4.78, 5) is 15.4. The average molecular weight is 442 g/mol. The molecule has 10 heteroatoms. The molecule has 0 unspecified atom stereocenters. The summed E-state index contributed by atoms with van der Waals surface area (Å²) in [5.74, 6) is -0.122. The topological polar surface area (TPSA) is 115 Å². The summed E-state index contributed by atoms with van der Waals surface area (Å²) in [6.07, 6.45) is 1.06. The molecule has 1 N–H and O–H groups in total. The minimum atomic E-state index is -3.90. The van der Waals surface area contributed by atoms with Gasteiger partial charge in [0.05, 0.1) is 17.1 Å². The Balaban J connectivity index is 1.79. The fraction of sp³-hybridized carbons (Fsp3) is 0.286. The molecule has 0 aliphatic carbocycles. The first-order chi connectivity index (χ1) is 14.7. The number of ether oxygens (including phenoxy) is 1. The lowest BCUT2D eigenvalue weighted by Crippen LogP contribution is -2.43. The number of sulfonamides is 1. The van der Waals surface area contributed by atoms with Crippen molar-refractivity contribution in [1.29, 1.82) is 0 Å². The molecule has 2 heterocycles. The molecule has 1 aliphatic rings. The van der Waals surface area contributed by atoms with E-state index < -0.39 is 22.1 Å². The average Bonchev–Trinajstić information content (AvgIpc) is 3.17. The van der Waals surface area contributed by atoms with Crippen LogP contribution in [0.25, 0.3) is 11.4 Å². The molecule has 162 valence electrons. The van der Waals surface area contributed by atoms with E-state index in [2.05, 4.69) is 10.1 Å². The third kappa shape index (κ3) is 4.24. The lowest BCUT2D eigenvalue weighted by Gasteiger charge is -2.35. The predicted octanol–water partition coefficient (Wildman–Crippen LogP) is 2.61. The number of fused-ring (bicyclic) bond motifs is 1. The van der Waals surface area contributed by atoms with E-state index in [0.29, 0.717) is 22.8 Å². The van der Waals surface area contributed by atoms with E-state index in [1.807, 2.05) is 13.0 Å². The van der Waals surface area contributed by atoms with Gasteiger partial charge in [-0.25, -0.2) is 13.4 Å². The molecule has 1 aliphatic heterocycles. The van der Waals surface area contributed by atoms with Crippen LogP contribution in [0.4, 0.5) is 5.69 Å². The van der Waals surface area contributed by atoms with Crippen molar-refractivity contribution in [2.45, 2.75) is 30.8 Å². The van der Waals surface area contributed by atoms with E-state index in [1.165, 1.54) is 4.31 Å². The van der Waals surface area contributed by atoms with Gasteiger partial charge in [-0.2, -0.15) is 5.10 Å². The monoisotopic (exact) mass is 442 g/mol. The molecule has 31 heavy (non-hydrogen) atoms. The molecule has 0 spiro atoms. The van der Waals surface area contributed by atoms with Crippen LogP contribution in [-0.4, -0.2) is 46.9 Å². The molecule has 1 atom stereocenters. The highest BCUT2D eigenvalue weighted by molar-refractivity contribution is 7.92. The van der Waals surface area contributed by atoms with Gasteiger partial charge < -0.3 is 9.84 Å². The minimum Gasteiger partial charge on any atom is -0.486 e. The summed E-state index contributed by atoms with van der Waals surface area (Å²) in [6.45, 7) is 1.84. The quantitative estimate of drug-likeness (QED) is 0.624. The van der Waals surface area contributed by atoms with Crippen molar-refractivity contribution >= 4 is 21.7 Å². The number of carboxylic acids is 1. The molecule has 0 saturated carbocycles. The summed E-state index contributed by atoms with van der Waals surface area (Å²) >= 11 is 0. The Hall–Kier alpha value is -3.40. The highest BCUT2D eigenvalue weighted by Crippen LogP contribution is 2.40. The zero-order valence-corrected chi connectivity index (χ0v) is 17.9. The predicted molar refractivity (Wildman–Crippen MR) is 113 cm³/mol. The summed E-state index contributed by atoms with van der Waals surface area (Å²) < 4.78 is 35.9. The fourth-order valence-electron chi connectivity index (χ4n) is 3.49. The Kier molecular flexibility index (Phi) is 5.40. The van der Waals surface area contributed by atoms with Gasteiger partial charge in [0.25, 0.3) is 10.0 Å². The van der Waals surface area contributed by atoms with E-state index >= 15 is 0 Å². The second-order valence-electron chi connectivity index (χ2n) is 7.45. The first-order valence-corrected chi connectivity index (χ1v) is 11.2. The van der Waals surface area contributed by atoms with Crippen LogP contribution in [0.3, 0.4) is 0 Å². The van der Waals surface area contributed by atoms with Crippen molar-refractivity contribution in [1.82, 2.24) is 14.8 Å². The summed E-state index contributed by atoms with van der Waals surface area (Å²) in [5, 5.41) is 13.3. The van der Waals surface area contributed by atoms with Gasteiger partial charge in [-0.15, -0.1) is 0 Å². The molecule has 2 aromatic carbocycles. The fourth-order valence-corrected chi connectivity index (χ4v) is 5.09. The molecule has 0 radical (unpaired) electrons. The molecule has 1 aromatic heterocycles. The Bertz CT molecular complexity index is 1240. The molecule has 0 amide bonds. The van der Waals surface area contributed by atoms with Crippen LogP contribution in [0.5, 0.6) is 5.75 Å². The lowest BCUT2D eigenvalue weighted by atomic mass is 10.1. The second-order valence-corrected chi connectivity index (χ2v) is 9.31. The first-order valence-electron chi connectivity index (χ1n) is 9.72. The molecule has 9 nitrogen and oxygen atoms in total. The van der Waals surface area contributed by atoms with Gasteiger partial charge in [0, 0.05) is 19.0 Å². The molecule has 0 fully saturated rings. The van der Waals surface area contributed by atoms with Crippen molar-refractivity contribution in [2.24, 2.45) is 7.05 Å². The van der Waals surface area contributed by atoms with E-state index in [1.54, 1.807) is 54.5 Å². The lowest BCUT2D eigenvalue weighted by molar-refractivity contribution is -0.137. The second kappa shape index (κ2) is 8.03. The molecular formula is C21H22N4O5S. The van der Waals surface area contributed by atoms with Gasteiger partial charge in [0.1, 0.15) is 18.2 Å². The van der Waals surface area contributed by atoms with Crippen molar-refractivity contribution in [3.05, 3.63) is 54.4 Å². The zero-order valence-electron chi connectivity index (χ0n) is 17.1. The van der Waals surface area contributed by atoms with Crippen LogP contribution >= 0.6 is 0 Å². The summed E-state index contributed by atoms with van der Waals surface area (Å²) in [6, 6.07) is 11.8. The van der Waals surface area contributed by atoms with Crippen LogP contribution in [0, 0.1) is 6.92 Å². The van der Waals surface area contributed by atoms with E-state index in [0.717, 1.165) is 5.56 Å². The highest BCUT2D eigenvalue weighted by atomic mass is 32.2. The Morgan fingerprint density at radius 3 is 2.74 bits per heavy atom. The normalized spacial score (nSPS) is 15.9. The van der Waals surface area contributed by atoms with Crippen LogP contribution in [0.15, 0.2) is 53.7 Å². The number of aliphatic carboxylic acids is 1. The van der Waals surface area contributed by atoms with Gasteiger partial charge in [0.15, 0.2) is 5.82 Å². The highest BCUT2D eigenvalue weighted by Gasteiger charge is 2.35. The molecular weight excluding hydrogens is 420 g/mol. The largest absolute Gasteiger partial charge is 0.486 e. The van der Waals surface area contributed by atoms with E-state index in [4.69, 9.17) is 9.84 Å². The zero-order chi connectivity index (χ0) is 22.2. The number of aryl methyl sites for hydroxylation is 2. The van der Waals surface area contributed by atoms with E-state index in [9.17, 15) is 13.2 Å². The van der Waals surface area contributed by atoms with Crippen LogP contribution in [0.2, 0.25) is 0 Å². The van der Waals surface area contributed by atoms with Gasteiger partial charge in [0.2, 0.25) is 0 Å². The maximum atomic E-state index is 13.6. The van der Waals surface area contributed by atoms with Crippen LogP contribution < -0.4 is 9.04 Å². The number of rotatable bonds is 6. The van der Waals surface area contributed by atoms with E-state index in [-0.39, 0.29) is 24.3 Å². The third-order valence-electron chi connectivity index (χ3n) is 5.01. The van der Waals surface area contributed by atoms with Crippen LogP contribution in [-0.2, 0) is 21.9 Å². The van der Waals surface area contributed by atoms with Crippen LogP contribution in [0.1, 0.15) is 18.4 Å². The van der Waals surface area contributed by atoms with Gasteiger partial charge in [-0.1, -0.05) is 12.1 Å². The number of anilines is 1. The Morgan fingerprint density at radius 1 is 1.26 bits per heavy atom. The first kappa shape index (κ1) is 20.9. The maximum absolute atomic E-state index is 13.6. The number of carboxylic acid groups (broad SMARTS) is 1. The molecule has 0 bridgehead atoms. The Morgan fingerprint density at radius 2 is 2.06 bits per heavy atom. The smallest absolute Gasteiger partial charge is 0.303 e.